The third kappa shape index (κ3) is 5.33. The summed E-state index contributed by atoms with van der Waals surface area (Å²) in [6.07, 6.45) is 0.864. The molecular formula is C17H29NO. The summed E-state index contributed by atoms with van der Waals surface area (Å²) in [5.41, 5.74) is 2.91. The summed E-state index contributed by atoms with van der Waals surface area (Å²) in [4.78, 5) is 0. The van der Waals surface area contributed by atoms with Gasteiger partial charge in [0.05, 0.1) is 0 Å². The first-order valence-electron chi connectivity index (χ1n) is 7.29. The molecule has 108 valence electrons. The highest BCUT2D eigenvalue weighted by Gasteiger charge is 2.14. The largest absolute Gasteiger partial charge is 0.396 e. The summed E-state index contributed by atoms with van der Waals surface area (Å²) in [7, 11) is 0. The van der Waals surface area contributed by atoms with Gasteiger partial charge in [-0.2, -0.15) is 0 Å². The van der Waals surface area contributed by atoms with Gasteiger partial charge in [0, 0.05) is 12.6 Å². The minimum Gasteiger partial charge on any atom is -0.396 e. The predicted molar refractivity (Wildman–Crippen MR) is 82.4 cm³/mol. The van der Waals surface area contributed by atoms with Gasteiger partial charge in [0.25, 0.3) is 0 Å². The third-order valence-corrected chi connectivity index (χ3v) is 3.67. The quantitative estimate of drug-likeness (QED) is 0.821. The lowest BCUT2D eigenvalue weighted by Gasteiger charge is -2.21. The second-order valence-corrected chi connectivity index (χ2v) is 6.62. The van der Waals surface area contributed by atoms with Crippen molar-refractivity contribution in [1.29, 1.82) is 0 Å². The Balaban J connectivity index is 2.56. The van der Waals surface area contributed by atoms with E-state index in [0.29, 0.717) is 12.0 Å². The Morgan fingerprint density at radius 2 is 1.68 bits per heavy atom. The predicted octanol–water partition coefficient (Wildman–Crippen LogP) is 3.65. The summed E-state index contributed by atoms with van der Waals surface area (Å²) in [6, 6.07) is 9.24. The van der Waals surface area contributed by atoms with E-state index in [0.717, 1.165) is 13.0 Å². The first-order chi connectivity index (χ1) is 8.84. The number of rotatable bonds is 6. The van der Waals surface area contributed by atoms with Crippen LogP contribution in [0.1, 0.15) is 58.2 Å². The smallest absolute Gasteiger partial charge is 0.0434 e. The van der Waals surface area contributed by atoms with Crippen LogP contribution in [0.25, 0.3) is 0 Å². The van der Waals surface area contributed by atoms with E-state index in [-0.39, 0.29) is 12.0 Å². The molecule has 1 aromatic rings. The van der Waals surface area contributed by atoms with Crippen LogP contribution in [0.15, 0.2) is 24.3 Å². The lowest BCUT2D eigenvalue weighted by Crippen LogP contribution is -2.25. The van der Waals surface area contributed by atoms with Crippen LogP contribution < -0.4 is 5.32 Å². The second-order valence-electron chi connectivity index (χ2n) is 6.62. The van der Waals surface area contributed by atoms with Crippen LogP contribution in [0.4, 0.5) is 0 Å². The Bertz CT molecular complexity index is 364. The summed E-state index contributed by atoms with van der Waals surface area (Å²) >= 11 is 0. The molecule has 1 aromatic carbocycles. The molecule has 0 saturated carbocycles. The molecule has 0 heterocycles. The van der Waals surface area contributed by atoms with Gasteiger partial charge in [-0.1, -0.05) is 52.0 Å². The Morgan fingerprint density at radius 3 is 2.16 bits per heavy atom. The molecular weight excluding hydrogens is 234 g/mol. The molecule has 0 saturated heterocycles. The molecule has 0 aliphatic heterocycles. The van der Waals surface area contributed by atoms with Crippen molar-refractivity contribution in [3.8, 4) is 0 Å². The van der Waals surface area contributed by atoms with Gasteiger partial charge in [-0.25, -0.2) is 0 Å². The van der Waals surface area contributed by atoms with Crippen molar-refractivity contribution in [3.05, 3.63) is 35.4 Å². The van der Waals surface area contributed by atoms with Gasteiger partial charge in [0.2, 0.25) is 0 Å². The van der Waals surface area contributed by atoms with Gasteiger partial charge in [0.15, 0.2) is 0 Å². The first-order valence-corrected chi connectivity index (χ1v) is 7.29. The molecule has 2 heteroatoms. The minimum atomic E-state index is 0.213. The Morgan fingerprint density at radius 1 is 1.11 bits per heavy atom. The molecule has 1 rings (SSSR count). The maximum atomic E-state index is 8.90. The first kappa shape index (κ1) is 16.2. The molecule has 2 nitrogen and oxygen atoms in total. The van der Waals surface area contributed by atoms with E-state index in [1.54, 1.807) is 0 Å². The Labute approximate surface area is 118 Å². The topological polar surface area (TPSA) is 32.3 Å². The van der Waals surface area contributed by atoms with E-state index in [1.165, 1.54) is 11.1 Å². The standard InChI is InChI=1S/C17H29NO/c1-13(10-11-19)12-18-14(2)15-6-8-16(9-7-15)17(3,4)5/h6-9,13-14,18-19H,10-12H2,1-5H3. The average molecular weight is 263 g/mol. The second kappa shape index (κ2) is 7.06. The molecule has 0 aromatic heterocycles. The SMILES string of the molecule is CC(CCO)CNC(C)c1ccc(C(C)(C)C)cc1. The number of benzene rings is 1. The van der Waals surface area contributed by atoms with Gasteiger partial charge < -0.3 is 10.4 Å². The minimum absolute atomic E-state index is 0.213. The molecule has 0 radical (unpaired) electrons. The van der Waals surface area contributed by atoms with Crippen molar-refractivity contribution in [2.24, 2.45) is 5.92 Å². The third-order valence-electron chi connectivity index (χ3n) is 3.67. The number of nitrogens with one attached hydrogen (secondary N) is 1. The molecule has 2 unspecified atom stereocenters. The van der Waals surface area contributed by atoms with Crippen LogP contribution in [0, 0.1) is 5.92 Å². The van der Waals surface area contributed by atoms with Crippen LogP contribution in [0.3, 0.4) is 0 Å². The number of hydrogen-bond donors (Lipinski definition) is 2. The summed E-state index contributed by atoms with van der Waals surface area (Å²) < 4.78 is 0. The summed E-state index contributed by atoms with van der Waals surface area (Å²) in [5, 5.41) is 12.4. The van der Waals surface area contributed by atoms with Crippen LogP contribution in [0.2, 0.25) is 0 Å². The van der Waals surface area contributed by atoms with Crippen LogP contribution >= 0.6 is 0 Å². The molecule has 0 fully saturated rings. The van der Waals surface area contributed by atoms with Crippen LogP contribution in [0.5, 0.6) is 0 Å². The van der Waals surface area contributed by atoms with Gasteiger partial charge >= 0.3 is 0 Å². The molecule has 0 aliphatic rings. The van der Waals surface area contributed by atoms with Gasteiger partial charge in [-0.3, -0.25) is 0 Å². The van der Waals surface area contributed by atoms with E-state index in [2.05, 4.69) is 64.2 Å². The fourth-order valence-electron chi connectivity index (χ4n) is 2.09. The molecule has 2 atom stereocenters. The maximum Gasteiger partial charge on any atom is 0.0434 e. The van der Waals surface area contributed by atoms with E-state index >= 15 is 0 Å². The van der Waals surface area contributed by atoms with Crippen LogP contribution in [-0.4, -0.2) is 18.3 Å². The zero-order chi connectivity index (χ0) is 14.5. The highest BCUT2D eigenvalue weighted by Crippen LogP contribution is 2.23. The highest BCUT2D eigenvalue weighted by atomic mass is 16.3. The monoisotopic (exact) mass is 263 g/mol. The summed E-state index contributed by atoms with van der Waals surface area (Å²) in [6.45, 7) is 12.3. The van der Waals surface area contributed by atoms with E-state index in [4.69, 9.17) is 5.11 Å². The zero-order valence-corrected chi connectivity index (χ0v) is 13.0. The summed E-state index contributed by atoms with van der Waals surface area (Å²) in [5.74, 6) is 0.515. The molecule has 0 bridgehead atoms. The van der Waals surface area contributed by atoms with Crippen molar-refractivity contribution in [3.63, 3.8) is 0 Å². The van der Waals surface area contributed by atoms with Crippen molar-refractivity contribution >= 4 is 0 Å². The Kier molecular flexibility index (Phi) is 6.02. The number of hydrogen-bond acceptors (Lipinski definition) is 2. The van der Waals surface area contributed by atoms with Gasteiger partial charge in [-0.15, -0.1) is 0 Å². The lowest BCUT2D eigenvalue weighted by atomic mass is 9.86. The number of aliphatic hydroxyl groups is 1. The van der Waals surface area contributed by atoms with Crippen LogP contribution in [-0.2, 0) is 5.41 Å². The maximum absolute atomic E-state index is 8.90. The molecule has 0 amide bonds. The van der Waals surface area contributed by atoms with Gasteiger partial charge in [-0.05, 0) is 42.3 Å². The van der Waals surface area contributed by atoms with E-state index < -0.39 is 0 Å². The molecule has 2 N–H and O–H groups in total. The van der Waals surface area contributed by atoms with Crippen molar-refractivity contribution in [1.82, 2.24) is 5.32 Å². The Hall–Kier alpha value is -0.860. The highest BCUT2D eigenvalue weighted by molar-refractivity contribution is 5.28. The molecule has 19 heavy (non-hydrogen) atoms. The fourth-order valence-corrected chi connectivity index (χ4v) is 2.09. The fraction of sp³-hybridized carbons (Fsp3) is 0.647. The van der Waals surface area contributed by atoms with Crippen molar-refractivity contribution < 1.29 is 5.11 Å². The molecule has 0 aliphatic carbocycles. The zero-order valence-electron chi connectivity index (χ0n) is 13.0. The normalized spacial score (nSPS) is 15.3. The van der Waals surface area contributed by atoms with Gasteiger partial charge in [0.1, 0.15) is 0 Å². The van der Waals surface area contributed by atoms with Crippen molar-refractivity contribution in [2.45, 2.75) is 52.5 Å². The van der Waals surface area contributed by atoms with Crippen molar-refractivity contribution in [2.75, 3.05) is 13.2 Å². The lowest BCUT2D eigenvalue weighted by molar-refractivity contribution is 0.258. The van der Waals surface area contributed by atoms with E-state index in [9.17, 15) is 0 Å². The van der Waals surface area contributed by atoms with E-state index in [1.807, 2.05) is 0 Å². The molecule has 0 spiro atoms. The number of aliphatic hydroxyl groups excluding tert-OH is 1. The average Bonchev–Trinajstić information content (AvgIpc) is 2.35.